The van der Waals surface area contributed by atoms with Gasteiger partial charge in [-0.05, 0) is 31.0 Å². The van der Waals surface area contributed by atoms with Crippen LogP contribution >= 0.6 is 11.8 Å². The summed E-state index contributed by atoms with van der Waals surface area (Å²) in [6.45, 7) is 4.16. The van der Waals surface area contributed by atoms with Crippen molar-refractivity contribution in [3.8, 4) is 0 Å². The lowest BCUT2D eigenvalue weighted by atomic mass is 10.2. The quantitative estimate of drug-likeness (QED) is 0.663. The van der Waals surface area contributed by atoms with Crippen molar-refractivity contribution < 1.29 is 4.52 Å². The lowest BCUT2D eigenvalue weighted by Gasteiger charge is -2.04. The summed E-state index contributed by atoms with van der Waals surface area (Å²) in [5.41, 5.74) is 7.77. The highest BCUT2D eigenvalue weighted by molar-refractivity contribution is 7.98. The van der Waals surface area contributed by atoms with Gasteiger partial charge in [0.1, 0.15) is 0 Å². The van der Waals surface area contributed by atoms with Gasteiger partial charge < -0.3 is 10.3 Å². The smallest absolute Gasteiger partial charge is 0.226 e. The molecule has 2 N–H and O–H groups in total. The molecular weight excluding hydrogens is 246 g/mol. The van der Waals surface area contributed by atoms with Crippen LogP contribution in [0.25, 0.3) is 0 Å². The van der Waals surface area contributed by atoms with E-state index in [9.17, 15) is 0 Å². The largest absolute Gasteiger partial charge is 0.399 e. The molecule has 0 unspecified atom stereocenters. The molecule has 0 spiro atoms. The molecule has 0 saturated carbocycles. The van der Waals surface area contributed by atoms with Gasteiger partial charge in [0.2, 0.25) is 5.89 Å². The number of aromatic nitrogens is 2. The molecule has 0 bridgehead atoms. The molecule has 0 radical (unpaired) electrons. The summed E-state index contributed by atoms with van der Waals surface area (Å²) < 4.78 is 5.15. The molecule has 0 aliphatic rings. The van der Waals surface area contributed by atoms with E-state index in [4.69, 9.17) is 10.3 Å². The van der Waals surface area contributed by atoms with Crippen molar-refractivity contribution >= 4 is 17.4 Å². The van der Waals surface area contributed by atoms with Crippen LogP contribution in [0.2, 0.25) is 0 Å². The molecule has 1 aromatic carbocycles. The van der Waals surface area contributed by atoms with Crippen molar-refractivity contribution in [2.75, 3.05) is 5.73 Å². The lowest BCUT2D eigenvalue weighted by molar-refractivity contribution is 0.373. The standard InChI is InChI=1S/C13H17N3OS/c1-3-4-13-15-12(16-17-13)8-18-11-7-10(14)6-5-9(11)2/h5-7H,3-4,8,14H2,1-2H3. The van der Waals surface area contributed by atoms with Crippen molar-refractivity contribution in [3.05, 3.63) is 35.5 Å². The molecule has 1 aromatic heterocycles. The molecule has 4 nitrogen and oxygen atoms in total. The van der Waals surface area contributed by atoms with Crippen molar-refractivity contribution in [1.82, 2.24) is 10.1 Å². The second-order valence-electron chi connectivity index (χ2n) is 4.17. The second-order valence-corrected chi connectivity index (χ2v) is 5.19. The summed E-state index contributed by atoms with van der Waals surface area (Å²) >= 11 is 1.68. The normalized spacial score (nSPS) is 10.8. The topological polar surface area (TPSA) is 64.9 Å². The van der Waals surface area contributed by atoms with E-state index in [1.165, 1.54) is 5.56 Å². The number of nitrogen functional groups attached to an aromatic ring is 1. The van der Waals surface area contributed by atoms with E-state index in [0.717, 1.165) is 35.1 Å². The van der Waals surface area contributed by atoms with Crippen molar-refractivity contribution in [1.29, 1.82) is 0 Å². The summed E-state index contributed by atoms with van der Waals surface area (Å²) in [5.74, 6) is 2.17. The van der Waals surface area contributed by atoms with Crippen LogP contribution in [-0.2, 0) is 12.2 Å². The highest BCUT2D eigenvalue weighted by atomic mass is 32.2. The molecule has 0 aliphatic heterocycles. The maximum absolute atomic E-state index is 5.78. The zero-order chi connectivity index (χ0) is 13.0. The highest BCUT2D eigenvalue weighted by Crippen LogP contribution is 2.27. The Morgan fingerprint density at radius 2 is 2.22 bits per heavy atom. The van der Waals surface area contributed by atoms with Gasteiger partial charge in [0.25, 0.3) is 0 Å². The van der Waals surface area contributed by atoms with Crippen LogP contribution in [0.15, 0.2) is 27.6 Å². The van der Waals surface area contributed by atoms with E-state index in [2.05, 4.69) is 24.0 Å². The van der Waals surface area contributed by atoms with Crippen LogP contribution in [0.5, 0.6) is 0 Å². The third kappa shape index (κ3) is 3.26. The molecule has 18 heavy (non-hydrogen) atoms. The number of hydrogen-bond acceptors (Lipinski definition) is 5. The maximum Gasteiger partial charge on any atom is 0.226 e. The number of benzene rings is 1. The predicted octanol–water partition coefficient (Wildman–Crippen LogP) is 3.21. The molecule has 0 aliphatic carbocycles. The Kier molecular flexibility index (Phi) is 4.25. The van der Waals surface area contributed by atoms with E-state index in [0.29, 0.717) is 5.75 Å². The molecular formula is C13H17N3OS. The molecule has 2 aromatic rings. The average Bonchev–Trinajstić information content (AvgIpc) is 2.79. The molecule has 5 heteroatoms. The van der Waals surface area contributed by atoms with E-state index in [1.54, 1.807) is 11.8 Å². The molecule has 2 rings (SSSR count). The van der Waals surface area contributed by atoms with Crippen molar-refractivity contribution in [2.24, 2.45) is 0 Å². The third-order valence-corrected chi connectivity index (χ3v) is 3.70. The fourth-order valence-electron chi connectivity index (χ4n) is 1.58. The number of thioether (sulfide) groups is 1. The first-order valence-corrected chi connectivity index (χ1v) is 6.98. The Balaban J connectivity index is 1.99. The summed E-state index contributed by atoms with van der Waals surface area (Å²) in [5, 5.41) is 3.96. The SMILES string of the molecule is CCCc1nc(CSc2cc(N)ccc2C)no1. The van der Waals surface area contributed by atoms with Gasteiger partial charge in [-0.1, -0.05) is 18.1 Å². The second kappa shape index (κ2) is 5.91. The number of aryl methyl sites for hydroxylation is 2. The first-order chi connectivity index (χ1) is 8.69. The van der Waals surface area contributed by atoms with Gasteiger partial charge in [0.05, 0.1) is 5.75 Å². The maximum atomic E-state index is 5.78. The molecule has 0 saturated heterocycles. The van der Waals surface area contributed by atoms with Gasteiger partial charge in [0.15, 0.2) is 5.82 Å². The number of hydrogen-bond donors (Lipinski definition) is 1. The molecule has 96 valence electrons. The summed E-state index contributed by atoms with van der Waals surface area (Å²) in [4.78, 5) is 5.50. The van der Waals surface area contributed by atoms with Crippen LogP contribution in [0, 0.1) is 6.92 Å². The van der Waals surface area contributed by atoms with Gasteiger partial charge in [-0.2, -0.15) is 4.98 Å². The summed E-state index contributed by atoms with van der Waals surface area (Å²) in [6.07, 6.45) is 1.86. The molecule has 0 fully saturated rings. The fraction of sp³-hybridized carbons (Fsp3) is 0.385. The Morgan fingerprint density at radius 1 is 1.39 bits per heavy atom. The van der Waals surface area contributed by atoms with Crippen molar-refractivity contribution in [3.63, 3.8) is 0 Å². The Bertz CT molecular complexity index is 525. The van der Waals surface area contributed by atoms with Crippen LogP contribution in [0.4, 0.5) is 5.69 Å². The van der Waals surface area contributed by atoms with Crippen LogP contribution in [-0.4, -0.2) is 10.1 Å². The molecule has 1 heterocycles. The van der Waals surface area contributed by atoms with E-state index in [-0.39, 0.29) is 0 Å². The predicted molar refractivity (Wildman–Crippen MR) is 73.4 cm³/mol. The number of anilines is 1. The zero-order valence-corrected chi connectivity index (χ0v) is 11.5. The van der Waals surface area contributed by atoms with Crippen LogP contribution in [0.3, 0.4) is 0 Å². The molecule has 0 atom stereocenters. The first kappa shape index (κ1) is 13.0. The Labute approximate surface area is 111 Å². The lowest BCUT2D eigenvalue weighted by Crippen LogP contribution is -1.89. The van der Waals surface area contributed by atoms with Gasteiger partial charge in [-0.3, -0.25) is 0 Å². The monoisotopic (exact) mass is 263 g/mol. The van der Waals surface area contributed by atoms with Gasteiger partial charge in [0, 0.05) is 17.0 Å². The van der Waals surface area contributed by atoms with E-state index in [1.807, 2.05) is 18.2 Å². The van der Waals surface area contributed by atoms with Crippen LogP contribution in [0.1, 0.15) is 30.6 Å². The minimum atomic E-state index is 0.706. The molecule has 0 amide bonds. The number of nitrogens with zero attached hydrogens (tertiary/aromatic N) is 2. The zero-order valence-electron chi connectivity index (χ0n) is 10.6. The number of nitrogens with two attached hydrogens (primary N) is 1. The summed E-state index contributed by atoms with van der Waals surface area (Å²) in [7, 11) is 0. The third-order valence-electron chi connectivity index (χ3n) is 2.54. The van der Waals surface area contributed by atoms with E-state index >= 15 is 0 Å². The van der Waals surface area contributed by atoms with E-state index < -0.39 is 0 Å². The highest BCUT2D eigenvalue weighted by Gasteiger charge is 2.07. The minimum Gasteiger partial charge on any atom is -0.399 e. The van der Waals surface area contributed by atoms with Crippen molar-refractivity contribution in [2.45, 2.75) is 37.3 Å². The Hall–Kier alpha value is -1.49. The van der Waals surface area contributed by atoms with Gasteiger partial charge >= 0.3 is 0 Å². The average molecular weight is 263 g/mol. The van der Waals surface area contributed by atoms with Crippen LogP contribution < -0.4 is 5.73 Å². The van der Waals surface area contributed by atoms with Gasteiger partial charge in [-0.15, -0.1) is 11.8 Å². The Morgan fingerprint density at radius 3 is 3.00 bits per heavy atom. The van der Waals surface area contributed by atoms with Gasteiger partial charge in [-0.25, -0.2) is 0 Å². The summed E-state index contributed by atoms with van der Waals surface area (Å²) in [6, 6.07) is 5.91. The number of rotatable bonds is 5. The minimum absolute atomic E-state index is 0.706. The fourth-order valence-corrected chi connectivity index (χ4v) is 2.50. The first-order valence-electron chi connectivity index (χ1n) is 5.99.